The summed E-state index contributed by atoms with van der Waals surface area (Å²) in [7, 11) is 0. The van der Waals surface area contributed by atoms with E-state index in [0.717, 1.165) is 5.56 Å². The summed E-state index contributed by atoms with van der Waals surface area (Å²) in [5, 5.41) is 0. The third-order valence-electron chi connectivity index (χ3n) is 2.61. The van der Waals surface area contributed by atoms with Gasteiger partial charge in [0, 0.05) is 29.0 Å². The van der Waals surface area contributed by atoms with Gasteiger partial charge in [-0.05, 0) is 36.8 Å². The van der Waals surface area contributed by atoms with Crippen LogP contribution in [0, 0.1) is 5.82 Å². The van der Waals surface area contributed by atoms with Crippen molar-refractivity contribution >= 4 is 15.9 Å². The summed E-state index contributed by atoms with van der Waals surface area (Å²) in [5.74, 6) is 0.0773. The van der Waals surface area contributed by atoms with E-state index in [2.05, 4.69) is 20.9 Å². The van der Waals surface area contributed by atoms with Crippen LogP contribution in [0.25, 0.3) is 0 Å². The molecule has 2 rings (SSSR count). The van der Waals surface area contributed by atoms with Gasteiger partial charge in [-0.3, -0.25) is 4.98 Å². The Morgan fingerprint density at radius 3 is 2.53 bits per heavy atom. The third-order valence-corrected chi connectivity index (χ3v) is 3.07. The van der Waals surface area contributed by atoms with Crippen LogP contribution in [0.15, 0.2) is 47.2 Å². The second-order valence-corrected chi connectivity index (χ2v) is 5.20. The molecule has 2 aromatic rings. The van der Waals surface area contributed by atoms with Crippen LogP contribution in [-0.4, -0.2) is 11.0 Å². The number of pyridine rings is 1. The number of benzene rings is 1. The molecule has 0 fully saturated rings. The molecule has 19 heavy (non-hydrogen) atoms. The van der Waals surface area contributed by atoms with Crippen molar-refractivity contribution in [2.75, 3.05) is 0 Å². The Balaban J connectivity index is 2.27. The lowest BCUT2D eigenvalue weighted by Gasteiger charge is -2.23. The molecule has 0 aliphatic heterocycles. The van der Waals surface area contributed by atoms with Gasteiger partial charge in [-0.2, -0.15) is 0 Å². The molecule has 1 heterocycles. The van der Waals surface area contributed by atoms with Crippen molar-refractivity contribution in [3.63, 3.8) is 0 Å². The molecule has 0 aliphatic rings. The maximum Gasteiger partial charge on any atom is 0.139 e. The van der Waals surface area contributed by atoms with E-state index >= 15 is 0 Å². The molecule has 0 spiro atoms. The highest BCUT2D eigenvalue weighted by Crippen LogP contribution is 2.27. The van der Waals surface area contributed by atoms with Crippen LogP contribution in [0.1, 0.15) is 18.6 Å². The minimum Gasteiger partial charge on any atom is -0.484 e. The van der Waals surface area contributed by atoms with Gasteiger partial charge < -0.3 is 10.5 Å². The Bertz CT molecular complexity index is 528. The van der Waals surface area contributed by atoms with Gasteiger partial charge in [0.25, 0.3) is 0 Å². The highest BCUT2D eigenvalue weighted by molar-refractivity contribution is 9.10. The molecule has 0 bridgehead atoms. The molecule has 5 heteroatoms. The molecular formula is C14H14BrFN2O. The molecule has 1 aromatic heterocycles. The maximum absolute atomic E-state index is 13.3. The minimum atomic E-state index is -0.359. The van der Waals surface area contributed by atoms with Crippen LogP contribution in [-0.2, 0) is 0 Å². The first kappa shape index (κ1) is 14.0. The van der Waals surface area contributed by atoms with Gasteiger partial charge in [0.15, 0.2) is 0 Å². The molecule has 0 saturated heterocycles. The van der Waals surface area contributed by atoms with E-state index in [4.69, 9.17) is 10.5 Å². The molecule has 2 N–H and O–H groups in total. The van der Waals surface area contributed by atoms with Crippen molar-refractivity contribution in [2.45, 2.75) is 19.1 Å². The van der Waals surface area contributed by atoms with Crippen LogP contribution < -0.4 is 10.5 Å². The van der Waals surface area contributed by atoms with Crippen molar-refractivity contribution in [3.8, 4) is 5.75 Å². The smallest absolute Gasteiger partial charge is 0.139 e. The van der Waals surface area contributed by atoms with Gasteiger partial charge in [-0.25, -0.2) is 4.39 Å². The van der Waals surface area contributed by atoms with Crippen LogP contribution in [0.5, 0.6) is 5.75 Å². The lowest BCUT2D eigenvalue weighted by molar-refractivity contribution is 0.179. The molecule has 0 amide bonds. The summed E-state index contributed by atoms with van der Waals surface area (Å²) < 4.78 is 19.8. The quantitative estimate of drug-likeness (QED) is 0.937. The van der Waals surface area contributed by atoms with Crippen molar-refractivity contribution in [1.82, 2.24) is 4.98 Å². The fourth-order valence-corrected chi connectivity index (χ4v) is 2.22. The number of ether oxygens (including phenoxy) is 1. The zero-order valence-corrected chi connectivity index (χ0v) is 12.0. The molecule has 2 unspecified atom stereocenters. The first-order valence-electron chi connectivity index (χ1n) is 5.84. The standard InChI is InChI=1S/C14H14BrFN2O/c1-9(17)14(10-2-4-18-5-3-10)19-13-7-11(15)6-12(16)8-13/h2-9,14H,17H2,1H3. The number of nitrogens with two attached hydrogens (primary N) is 1. The monoisotopic (exact) mass is 324 g/mol. The number of hydrogen-bond acceptors (Lipinski definition) is 3. The second-order valence-electron chi connectivity index (χ2n) is 4.28. The molecule has 2 atom stereocenters. The Morgan fingerprint density at radius 1 is 1.26 bits per heavy atom. The maximum atomic E-state index is 13.3. The largest absolute Gasteiger partial charge is 0.484 e. The molecular weight excluding hydrogens is 311 g/mol. The van der Waals surface area contributed by atoms with Crippen LogP contribution >= 0.6 is 15.9 Å². The fourth-order valence-electron chi connectivity index (χ4n) is 1.78. The van der Waals surface area contributed by atoms with Crippen molar-refractivity contribution in [2.24, 2.45) is 5.73 Å². The molecule has 0 radical (unpaired) electrons. The van der Waals surface area contributed by atoms with Gasteiger partial charge in [0.1, 0.15) is 17.7 Å². The van der Waals surface area contributed by atoms with E-state index in [1.807, 2.05) is 19.1 Å². The van der Waals surface area contributed by atoms with E-state index in [9.17, 15) is 4.39 Å². The van der Waals surface area contributed by atoms with Crippen molar-refractivity contribution in [1.29, 1.82) is 0 Å². The van der Waals surface area contributed by atoms with E-state index < -0.39 is 0 Å². The highest BCUT2D eigenvalue weighted by atomic mass is 79.9. The Labute approximate surface area is 119 Å². The van der Waals surface area contributed by atoms with Gasteiger partial charge >= 0.3 is 0 Å². The predicted octanol–water partition coefficient (Wildman–Crippen LogP) is 3.45. The van der Waals surface area contributed by atoms with Crippen LogP contribution in [0.3, 0.4) is 0 Å². The first-order chi connectivity index (χ1) is 9.06. The summed E-state index contributed by atoms with van der Waals surface area (Å²) >= 11 is 3.23. The SMILES string of the molecule is CC(N)C(Oc1cc(F)cc(Br)c1)c1ccncc1. The van der Waals surface area contributed by atoms with Crippen molar-refractivity contribution < 1.29 is 9.13 Å². The normalized spacial score (nSPS) is 13.9. The van der Waals surface area contributed by atoms with E-state index in [1.165, 1.54) is 12.1 Å². The molecule has 3 nitrogen and oxygen atoms in total. The van der Waals surface area contributed by atoms with Gasteiger partial charge in [0.05, 0.1) is 0 Å². The Hall–Kier alpha value is -1.46. The zero-order chi connectivity index (χ0) is 13.8. The number of nitrogens with zero attached hydrogens (tertiary/aromatic N) is 1. The third kappa shape index (κ3) is 3.75. The Morgan fingerprint density at radius 2 is 1.95 bits per heavy atom. The first-order valence-corrected chi connectivity index (χ1v) is 6.64. The van der Waals surface area contributed by atoms with Gasteiger partial charge in [0.2, 0.25) is 0 Å². The number of halogens is 2. The van der Waals surface area contributed by atoms with Crippen molar-refractivity contribution in [3.05, 3.63) is 58.6 Å². The summed E-state index contributed by atoms with van der Waals surface area (Å²) in [6, 6.07) is 7.86. The molecule has 0 aliphatic carbocycles. The number of rotatable bonds is 4. The summed E-state index contributed by atoms with van der Waals surface area (Å²) in [4.78, 5) is 3.96. The molecule has 1 aromatic carbocycles. The summed E-state index contributed by atoms with van der Waals surface area (Å²) in [6.45, 7) is 1.85. The molecule has 0 saturated carbocycles. The average molecular weight is 325 g/mol. The second kappa shape index (κ2) is 6.12. The van der Waals surface area contributed by atoms with E-state index in [-0.39, 0.29) is 18.0 Å². The summed E-state index contributed by atoms with van der Waals surface area (Å²) in [6.07, 6.45) is 3.00. The zero-order valence-electron chi connectivity index (χ0n) is 10.4. The fraction of sp³-hybridized carbons (Fsp3) is 0.214. The molecule has 100 valence electrons. The lowest BCUT2D eigenvalue weighted by Crippen LogP contribution is -2.29. The van der Waals surface area contributed by atoms with Gasteiger partial charge in [-0.1, -0.05) is 15.9 Å². The van der Waals surface area contributed by atoms with Crippen LogP contribution in [0.2, 0.25) is 0 Å². The minimum absolute atomic E-state index is 0.232. The van der Waals surface area contributed by atoms with E-state index in [0.29, 0.717) is 10.2 Å². The predicted molar refractivity (Wildman–Crippen MR) is 75.4 cm³/mol. The lowest BCUT2D eigenvalue weighted by atomic mass is 10.1. The average Bonchev–Trinajstić information content (AvgIpc) is 2.35. The summed E-state index contributed by atoms with van der Waals surface area (Å²) in [5.41, 5.74) is 6.85. The van der Waals surface area contributed by atoms with E-state index in [1.54, 1.807) is 18.5 Å². The Kier molecular flexibility index (Phi) is 4.50. The number of hydrogen-bond donors (Lipinski definition) is 1. The topological polar surface area (TPSA) is 48.1 Å². The van der Waals surface area contributed by atoms with Crippen LogP contribution in [0.4, 0.5) is 4.39 Å². The van der Waals surface area contributed by atoms with Gasteiger partial charge in [-0.15, -0.1) is 0 Å². The number of aromatic nitrogens is 1. The highest BCUT2D eigenvalue weighted by Gasteiger charge is 2.18.